The van der Waals surface area contributed by atoms with Gasteiger partial charge >= 0.3 is 5.69 Å². The van der Waals surface area contributed by atoms with Crippen LogP contribution in [0, 0.1) is 6.92 Å². The SMILES string of the molecule is Cc1ccc(NS(=O)(=O)c2ccc3c(c2)c(=O)n(CC(=O)N2CCCC2)c(=O)n3C)cc1Cl. The van der Waals surface area contributed by atoms with E-state index >= 15 is 0 Å². The van der Waals surface area contributed by atoms with E-state index in [9.17, 15) is 22.8 Å². The monoisotopic (exact) mass is 490 g/mol. The third-order valence-corrected chi connectivity index (χ3v) is 7.60. The van der Waals surface area contributed by atoms with Gasteiger partial charge in [0.25, 0.3) is 15.6 Å². The third-order valence-electron chi connectivity index (χ3n) is 5.81. The molecule has 4 rings (SSSR count). The molecule has 0 unspecified atom stereocenters. The summed E-state index contributed by atoms with van der Waals surface area (Å²) in [5.74, 6) is -0.312. The van der Waals surface area contributed by atoms with E-state index in [1.165, 1.54) is 35.9 Å². The van der Waals surface area contributed by atoms with E-state index in [0.717, 1.165) is 23.0 Å². The van der Waals surface area contributed by atoms with Crippen molar-refractivity contribution in [2.24, 2.45) is 7.05 Å². The molecular formula is C22H23ClN4O5S. The van der Waals surface area contributed by atoms with Crippen LogP contribution in [-0.4, -0.2) is 41.4 Å². The smallest absolute Gasteiger partial charge is 0.331 e. The first kappa shape index (κ1) is 23.1. The molecule has 1 aliphatic heterocycles. The maximum Gasteiger partial charge on any atom is 0.331 e. The summed E-state index contributed by atoms with van der Waals surface area (Å²) in [7, 11) is -2.57. The summed E-state index contributed by atoms with van der Waals surface area (Å²) in [6.07, 6.45) is 1.77. The molecule has 33 heavy (non-hydrogen) atoms. The molecule has 11 heteroatoms. The molecule has 1 N–H and O–H groups in total. The lowest BCUT2D eigenvalue weighted by atomic mass is 10.2. The van der Waals surface area contributed by atoms with E-state index < -0.39 is 27.8 Å². The summed E-state index contributed by atoms with van der Waals surface area (Å²) in [5.41, 5.74) is 0.00130. The van der Waals surface area contributed by atoms with Gasteiger partial charge in [0.15, 0.2) is 0 Å². The van der Waals surface area contributed by atoms with Crippen LogP contribution in [0.25, 0.3) is 10.9 Å². The minimum atomic E-state index is -4.04. The molecule has 1 fully saturated rings. The van der Waals surface area contributed by atoms with E-state index in [0.29, 0.717) is 18.1 Å². The van der Waals surface area contributed by atoms with Crippen LogP contribution < -0.4 is 16.0 Å². The molecular weight excluding hydrogens is 468 g/mol. The third kappa shape index (κ3) is 4.40. The molecule has 2 aromatic carbocycles. The van der Waals surface area contributed by atoms with Crippen molar-refractivity contribution in [3.05, 3.63) is 67.8 Å². The van der Waals surface area contributed by atoms with Gasteiger partial charge in [-0.05, 0) is 55.7 Å². The number of aromatic nitrogens is 2. The minimum absolute atomic E-state index is 0.0242. The number of hydrogen-bond donors (Lipinski definition) is 1. The van der Waals surface area contributed by atoms with E-state index in [1.807, 2.05) is 0 Å². The van der Waals surface area contributed by atoms with Gasteiger partial charge < -0.3 is 4.90 Å². The largest absolute Gasteiger partial charge is 0.341 e. The van der Waals surface area contributed by atoms with Crippen LogP contribution in [0.3, 0.4) is 0 Å². The summed E-state index contributed by atoms with van der Waals surface area (Å²) in [6.45, 7) is 2.60. The molecule has 1 aromatic heterocycles. The molecule has 174 valence electrons. The van der Waals surface area contributed by atoms with Crippen LogP contribution in [0.4, 0.5) is 5.69 Å². The van der Waals surface area contributed by atoms with Crippen LogP contribution in [-0.2, 0) is 28.4 Å². The Morgan fingerprint density at radius 3 is 2.45 bits per heavy atom. The average Bonchev–Trinajstić information content (AvgIpc) is 3.32. The quantitative estimate of drug-likeness (QED) is 0.588. The highest BCUT2D eigenvalue weighted by Crippen LogP contribution is 2.23. The Labute approximate surface area is 195 Å². The molecule has 1 aliphatic rings. The number of hydrogen-bond acceptors (Lipinski definition) is 5. The Morgan fingerprint density at radius 1 is 1.09 bits per heavy atom. The number of rotatable bonds is 5. The van der Waals surface area contributed by atoms with Gasteiger partial charge in [-0.15, -0.1) is 0 Å². The number of anilines is 1. The Kier molecular flexibility index (Phi) is 6.06. The summed E-state index contributed by atoms with van der Waals surface area (Å²) in [5, 5.41) is 0.436. The number of amides is 1. The van der Waals surface area contributed by atoms with Crippen LogP contribution in [0.1, 0.15) is 18.4 Å². The van der Waals surface area contributed by atoms with Crippen molar-refractivity contribution in [3.63, 3.8) is 0 Å². The molecule has 2 heterocycles. The highest BCUT2D eigenvalue weighted by Gasteiger charge is 2.22. The van der Waals surface area contributed by atoms with Crippen molar-refractivity contribution in [2.45, 2.75) is 31.2 Å². The molecule has 0 bridgehead atoms. The second-order valence-corrected chi connectivity index (χ2v) is 10.2. The van der Waals surface area contributed by atoms with Crippen molar-refractivity contribution < 1.29 is 13.2 Å². The van der Waals surface area contributed by atoms with Gasteiger partial charge in [0.05, 0.1) is 21.5 Å². The van der Waals surface area contributed by atoms with Gasteiger partial charge in [-0.2, -0.15) is 0 Å². The molecule has 0 saturated carbocycles. The zero-order valence-electron chi connectivity index (χ0n) is 18.2. The lowest BCUT2D eigenvalue weighted by Gasteiger charge is -2.17. The Hall–Kier alpha value is -3.11. The predicted octanol–water partition coefficient (Wildman–Crippen LogP) is 2.09. The standard InChI is InChI=1S/C22H23ClN4O5S/c1-14-5-6-15(11-18(14)23)24-33(31,32)16-7-8-19-17(12-16)21(29)27(22(30)25(19)2)13-20(28)26-9-3-4-10-26/h5-8,11-12,24H,3-4,9-10,13H2,1-2H3. The first-order chi connectivity index (χ1) is 15.6. The Bertz CT molecular complexity index is 1490. The molecule has 0 aliphatic carbocycles. The minimum Gasteiger partial charge on any atom is -0.341 e. The zero-order valence-corrected chi connectivity index (χ0v) is 19.7. The normalized spacial score (nSPS) is 14.1. The van der Waals surface area contributed by atoms with Gasteiger partial charge in [-0.1, -0.05) is 17.7 Å². The zero-order chi connectivity index (χ0) is 23.9. The molecule has 1 saturated heterocycles. The summed E-state index contributed by atoms with van der Waals surface area (Å²) in [4.78, 5) is 39.9. The lowest BCUT2D eigenvalue weighted by Crippen LogP contribution is -2.43. The predicted molar refractivity (Wildman–Crippen MR) is 126 cm³/mol. The van der Waals surface area contributed by atoms with Crippen molar-refractivity contribution in [1.82, 2.24) is 14.0 Å². The van der Waals surface area contributed by atoms with E-state index in [4.69, 9.17) is 11.6 Å². The highest BCUT2D eigenvalue weighted by atomic mass is 35.5. The van der Waals surface area contributed by atoms with Crippen molar-refractivity contribution >= 4 is 44.1 Å². The molecule has 0 atom stereocenters. The fourth-order valence-corrected chi connectivity index (χ4v) is 5.13. The number of nitrogens with one attached hydrogen (secondary N) is 1. The lowest BCUT2D eigenvalue weighted by molar-refractivity contribution is -0.130. The van der Waals surface area contributed by atoms with Crippen LogP contribution in [0.15, 0.2) is 50.9 Å². The number of fused-ring (bicyclic) bond motifs is 1. The first-order valence-corrected chi connectivity index (χ1v) is 12.2. The molecule has 3 aromatic rings. The van der Waals surface area contributed by atoms with Gasteiger partial charge in [0.2, 0.25) is 5.91 Å². The van der Waals surface area contributed by atoms with E-state index in [2.05, 4.69) is 4.72 Å². The van der Waals surface area contributed by atoms with Crippen molar-refractivity contribution in [1.29, 1.82) is 0 Å². The maximum absolute atomic E-state index is 13.1. The van der Waals surface area contributed by atoms with Crippen LogP contribution in [0.2, 0.25) is 5.02 Å². The number of sulfonamides is 1. The fourth-order valence-electron chi connectivity index (χ4n) is 3.87. The molecule has 0 spiro atoms. The maximum atomic E-state index is 13.1. The Balaban J connectivity index is 1.75. The second-order valence-electron chi connectivity index (χ2n) is 8.07. The summed E-state index contributed by atoms with van der Waals surface area (Å²) < 4.78 is 30.4. The van der Waals surface area contributed by atoms with E-state index in [1.54, 1.807) is 24.0 Å². The highest BCUT2D eigenvalue weighted by molar-refractivity contribution is 7.92. The fraction of sp³-hybridized carbons (Fsp3) is 0.318. The summed E-state index contributed by atoms with van der Waals surface area (Å²) in [6, 6.07) is 8.70. The number of halogens is 1. The molecule has 1 amide bonds. The first-order valence-electron chi connectivity index (χ1n) is 10.4. The number of benzene rings is 2. The number of nitrogens with zero attached hydrogens (tertiary/aromatic N) is 3. The Morgan fingerprint density at radius 2 is 1.79 bits per heavy atom. The summed E-state index contributed by atoms with van der Waals surface area (Å²) >= 11 is 6.08. The number of carbonyl (C=O) groups excluding carboxylic acids is 1. The average molecular weight is 491 g/mol. The number of aryl methyl sites for hydroxylation is 2. The molecule has 0 radical (unpaired) electrons. The second kappa shape index (κ2) is 8.68. The van der Waals surface area contributed by atoms with Gasteiger partial charge in [0.1, 0.15) is 6.54 Å². The van der Waals surface area contributed by atoms with Gasteiger partial charge in [-0.3, -0.25) is 23.4 Å². The van der Waals surface area contributed by atoms with Gasteiger partial charge in [-0.25, -0.2) is 13.2 Å². The molecule has 9 nitrogen and oxygen atoms in total. The van der Waals surface area contributed by atoms with Crippen molar-refractivity contribution in [2.75, 3.05) is 17.8 Å². The van der Waals surface area contributed by atoms with Gasteiger partial charge in [0, 0.05) is 25.2 Å². The number of carbonyl (C=O) groups is 1. The van der Waals surface area contributed by atoms with Crippen molar-refractivity contribution in [3.8, 4) is 0 Å². The van der Waals surface area contributed by atoms with Crippen LogP contribution in [0.5, 0.6) is 0 Å². The van der Waals surface area contributed by atoms with Crippen LogP contribution >= 0.6 is 11.6 Å². The number of likely N-dealkylation sites (tertiary alicyclic amines) is 1. The van der Waals surface area contributed by atoms with E-state index in [-0.39, 0.29) is 27.4 Å². The topological polar surface area (TPSA) is 110 Å².